The Morgan fingerprint density at radius 1 is 1.25 bits per heavy atom. The van der Waals surface area contributed by atoms with E-state index >= 15 is 0 Å². The lowest BCUT2D eigenvalue weighted by Gasteiger charge is -2.20. The summed E-state index contributed by atoms with van der Waals surface area (Å²) in [5.74, 6) is 8.28. The van der Waals surface area contributed by atoms with Crippen molar-refractivity contribution >= 4 is 11.8 Å². The van der Waals surface area contributed by atoms with Crippen molar-refractivity contribution in [2.45, 2.75) is 43.2 Å². The largest absolute Gasteiger partial charge is 0.336 e. The summed E-state index contributed by atoms with van der Waals surface area (Å²) in [7, 11) is 0. The summed E-state index contributed by atoms with van der Waals surface area (Å²) < 4.78 is 1.65. The highest BCUT2D eigenvalue weighted by molar-refractivity contribution is 7.99. The zero-order chi connectivity index (χ0) is 11.4. The summed E-state index contributed by atoms with van der Waals surface area (Å²) in [5, 5.41) is 9.13. The number of nitrogen functional groups attached to an aromatic ring is 1. The van der Waals surface area contributed by atoms with E-state index in [1.165, 1.54) is 32.1 Å². The van der Waals surface area contributed by atoms with Crippen LogP contribution in [0.15, 0.2) is 5.16 Å². The Kier molecular flexibility index (Phi) is 4.06. The molecule has 1 fully saturated rings. The van der Waals surface area contributed by atoms with Crippen molar-refractivity contribution in [3.63, 3.8) is 0 Å². The molecule has 0 bridgehead atoms. The molecule has 1 aromatic heterocycles. The monoisotopic (exact) mass is 241 g/mol. The van der Waals surface area contributed by atoms with Crippen LogP contribution in [0.4, 0.5) is 0 Å². The van der Waals surface area contributed by atoms with Crippen LogP contribution in [0.1, 0.15) is 43.8 Å². The molecule has 16 heavy (non-hydrogen) atoms. The topological polar surface area (TPSA) is 82.8 Å². The van der Waals surface area contributed by atoms with Crippen LogP contribution in [0.5, 0.6) is 0 Å². The highest BCUT2D eigenvalue weighted by Crippen LogP contribution is 2.32. The van der Waals surface area contributed by atoms with Crippen molar-refractivity contribution in [2.24, 2.45) is 5.73 Å². The zero-order valence-corrected chi connectivity index (χ0v) is 10.2. The molecule has 1 saturated carbocycles. The van der Waals surface area contributed by atoms with Crippen molar-refractivity contribution in [2.75, 3.05) is 18.1 Å². The molecule has 1 aromatic rings. The standard InChI is InChI=1S/C10H19N5S/c11-6-7-16-10-14-13-9(15(10)12)8-4-2-1-3-5-8/h8H,1-7,11-12H2. The van der Waals surface area contributed by atoms with Gasteiger partial charge in [0.1, 0.15) is 0 Å². The van der Waals surface area contributed by atoms with Crippen LogP contribution in [0.3, 0.4) is 0 Å². The summed E-state index contributed by atoms with van der Waals surface area (Å²) in [5.41, 5.74) is 5.46. The van der Waals surface area contributed by atoms with Gasteiger partial charge in [-0.1, -0.05) is 31.0 Å². The first-order valence-electron chi connectivity index (χ1n) is 5.86. The van der Waals surface area contributed by atoms with Crippen molar-refractivity contribution < 1.29 is 0 Å². The third-order valence-electron chi connectivity index (χ3n) is 3.01. The van der Waals surface area contributed by atoms with E-state index in [4.69, 9.17) is 11.6 Å². The maximum Gasteiger partial charge on any atom is 0.209 e. The molecule has 0 aliphatic heterocycles. The summed E-state index contributed by atoms with van der Waals surface area (Å²) >= 11 is 1.57. The van der Waals surface area contributed by atoms with Crippen molar-refractivity contribution in [3.8, 4) is 0 Å². The van der Waals surface area contributed by atoms with Gasteiger partial charge in [-0.2, -0.15) is 0 Å². The smallest absolute Gasteiger partial charge is 0.209 e. The average Bonchev–Trinajstić information content (AvgIpc) is 2.69. The van der Waals surface area contributed by atoms with Crippen molar-refractivity contribution in [3.05, 3.63) is 5.82 Å². The number of nitrogens with two attached hydrogens (primary N) is 2. The SMILES string of the molecule is NCCSc1nnc(C2CCCCC2)n1N. The first-order chi connectivity index (χ1) is 7.83. The van der Waals surface area contributed by atoms with Crippen LogP contribution in [0, 0.1) is 0 Å². The second-order valence-electron chi connectivity index (χ2n) is 4.18. The number of rotatable bonds is 4. The normalized spacial score (nSPS) is 17.8. The third kappa shape index (κ3) is 2.49. The molecule has 4 N–H and O–H groups in total. The van der Waals surface area contributed by atoms with E-state index in [1.807, 2.05) is 0 Å². The van der Waals surface area contributed by atoms with Crippen molar-refractivity contribution in [1.82, 2.24) is 14.9 Å². The van der Waals surface area contributed by atoms with Crippen LogP contribution in [-0.2, 0) is 0 Å². The Morgan fingerprint density at radius 2 is 2.00 bits per heavy atom. The Hall–Kier alpha value is -0.750. The first-order valence-corrected chi connectivity index (χ1v) is 6.84. The van der Waals surface area contributed by atoms with Gasteiger partial charge in [0.2, 0.25) is 5.16 Å². The number of hydrogen-bond acceptors (Lipinski definition) is 5. The molecular weight excluding hydrogens is 222 g/mol. The maximum absolute atomic E-state index is 6.00. The molecule has 1 heterocycles. The van der Waals surface area contributed by atoms with Crippen LogP contribution in [0.2, 0.25) is 0 Å². The molecule has 0 radical (unpaired) electrons. The number of thioether (sulfide) groups is 1. The van der Waals surface area contributed by atoms with Gasteiger partial charge in [0.25, 0.3) is 0 Å². The molecule has 0 spiro atoms. The van der Waals surface area contributed by atoms with E-state index < -0.39 is 0 Å². The van der Waals surface area contributed by atoms with E-state index in [1.54, 1.807) is 16.4 Å². The second kappa shape index (κ2) is 5.54. The predicted molar refractivity (Wildman–Crippen MR) is 65.8 cm³/mol. The van der Waals surface area contributed by atoms with E-state index in [0.29, 0.717) is 12.5 Å². The van der Waals surface area contributed by atoms with Gasteiger partial charge in [-0.05, 0) is 12.8 Å². The second-order valence-corrected chi connectivity index (χ2v) is 5.24. The Morgan fingerprint density at radius 3 is 2.69 bits per heavy atom. The van der Waals surface area contributed by atoms with E-state index in [9.17, 15) is 0 Å². The first kappa shape index (κ1) is 11.7. The minimum absolute atomic E-state index is 0.499. The minimum Gasteiger partial charge on any atom is -0.336 e. The Balaban J connectivity index is 2.06. The molecule has 5 nitrogen and oxygen atoms in total. The molecule has 0 amide bonds. The van der Waals surface area contributed by atoms with E-state index in [-0.39, 0.29) is 0 Å². The highest BCUT2D eigenvalue weighted by Gasteiger charge is 2.22. The molecule has 1 aliphatic rings. The molecule has 2 rings (SSSR count). The Labute approximate surface area is 99.9 Å². The van der Waals surface area contributed by atoms with Gasteiger partial charge in [0.05, 0.1) is 0 Å². The quantitative estimate of drug-likeness (QED) is 0.609. The van der Waals surface area contributed by atoms with Gasteiger partial charge in [-0.25, -0.2) is 4.68 Å². The summed E-state index contributed by atoms with van der Waals surface area (Å²) in [6.07, 6.45) is 6.28. The van der Waals surface area contributed by atoms with Crippen molar-refractivity contribution in [1.29, 1.82) is 0 Å². The fraction of sp³-hybridized carbons (Fsp3) is 0.800. The van der Waals surface area contributed by atoms with Gasteiger partial charge in [-0.3, -0.25) is 0 Å². The number of hydrogen-bond donors (Lipinski definition) is 2. The lowest BCUT2D eigenvalue weighted by molar-refractivity contribution is 0.421. The fourth-order valence-corrected chi connectivity index (χ4v) is 2.81. The highest BCUT2D eigenvalue weighted by atomic mass is 32.2. The van der Waals surface area contributed by atoms with Gasteiger partial charge < -0.3 is 11.6 Å². The molecule has 6 heteroatoms. The van der Waals surface area contributed by atoms with Gasteiger partial charge in [0, 0.05) is 18.2 Å². The maximum atomic E-state index is 6.00. The van der Waals surface area contributed by atoms with Gasteiger partial charge in [-0.15, -0.1) is 10.2 Å². The predicted octanol–water partition coefficient (Wildman–Crippen LogP) is 1.09. The van der Waals surface area contributed by atoms with Crippen LogP contribution in [-0.4, -0.2) is 27.2 Å². The lowest BCUT2D eigenvalue weighted by Crippen LogP contribution is -2.19. The van der Waals surface area contributed by atoms with Crippen LogP contribution >= 0.6 is 11.8 Å². The fourth-order valence-electron chi connectivity index (χ4n) is 2.18. The molecular formula is C10H19N5S. The number of nitrogens with zero attached hydrogens (tertiary/aromatic N) is 3. The lowest BCUT2D eigenvalue weighted by atomic mass is 9.89. The van der Waals surface area contributed by atoms with Gasteiger partial charge >= 0.3 is 0 Å². The molecule has 90 valence electrons. The third-order valence-corrected chi connectivity index (χ3v) is 3.99. The number of aromatic nitrogens is 3. The summed E-state index contributed by atoms with van der Waals surface area (Å²) in [6, 6.07) is 0. The summed E-state index contributed by atoms with van der Waals surface area (Å²) in [4.78, 5) is 0. The molecule has 0 aromatic carbocycles. The average molecular weight is 241 g/mol. The molecule has 1 aliphatic carbocycles. The molecule has 0 unspecified atom stereocenters. The van der Waals surface area contributed by atoms with Crippen LogP contribution < -0.4 is 11.6 Å². The minimum atomic E-state index is 0.499. The zero-order valence-electron chi connectivity index (χ0n) is 9.43. The summed E-state index contributed by atoms with van der Waals surface area (Å²) in [6.45, 7) is 0.635. The van der Waals surface area contributed by atoms with E-state index in [0.717, 1.165) is 16.7 Å². The van der Waals surface area contributed by atoms with E-state index in [2.05, 4.69) is 10.2 Å². The molecule has 0 saturated heterocycles. The molecule has 0 atom stereocenters. The van der Waals surface area contributed by atoms with Gasteiger partial charge in [0.15, 0.2) is 5.82 Å². The van der Waals surface area contributed by atoms with Crippen LogP contribution in [0.25, 0.3) is 0 Å². The Bertz CT molecular complexity index is 332.